The Morgan fingerprint density at radius 3 is 2.61 bits per heavy atom. The zero-order valence-corrected chi connectivity index (χ0v) is 11.3. The average Bonchev–Trinajstić information content (AvgIpc) is 2.23. The van der Waals surface area contributed by atoms with Gasteiger partial charge in [0.1, 0.15) is 17.9 Å². The number of hydrogen-bond donors (Lipinski definition) is 1. The first-order valence-electron chi connectivity index (χ1n) is 5.52. The predicted molar refractivity (Wildman–Crippen MR) is 69.6 cm³/mol. The van der Waals surface area contributed by atoms with Gasteiger partial charge in [-0.25, -0.2) is 4.79 Å². The largest absolute Gasteiger partial charge is 0.444 e. The first kappa shape index (κ1) is 14.5. The first-order chi connectivity index (χ1) is 8.31. The normalized spacial score (nSPS) is 12.7. The number of carbonyl (C=O) groups is 2. The van der Waals surface area contributed by atoms with E-state index in [-0.39, 0.29) is 0 Å². The fourth-order valence-corrected chi connectivity index (χ4v) is 1.53. The third-order valence-electron chi connectivity index (χ3n) is 2.02. The summed E-state index contributed by atoms with van der Waals surface area (Å²) < 4.78 is 5.08. The first-order valence-corrected chi connectivity index (χ1v) is 5.90. The molecular formula is C13H16ClNO3. The molecule has 0 heterocycles. The summed E-state index contributed by atoms with van der Waals surface area (Å²) in [6, 6.07) is 5.98. The molecule has 5 heteroatoms. The maximum Gasteiger partial charge on any atom is 0.408 e. The second kappa shape index (κ2) is 5.87. The highest BCUT2D eigenvalue weighted by Crippen LogP contribution is 2.17. The minimum Gasteiger partial charge on any atom is -0.444 e. The van der Waals surface area contributed by atoms with Crippen molar-refractivity contribution in [3.63, 3.8) is 0 Å². The molecule has 1 rings (SSSR count). The van der Waals surface area contributed by atoms with Crippen molar-refractivity contribution in [2.45, 2.75) is 32.4 Å². The van der Waals surface area contributed by atoms with Crippen LogP contribution in [0.25, 0.3) is 0 Å². The maximum atomic E-state index is 11.6. The predicted octanol–water partition coefficient (Wildman–Crippen LogP) is 3.10. The van der Waals surface area contributed by atoms with Gasteiger partial charge in [-0.15, -0.1) is 0 Å². The third-order valence-corrected chi connectivity index (χ3v) is 2.25. The molecule has 1 amide bonds. The summed E-state index contributed by atoms with van der Waals surface area (Å²) in [6.07, 6.45) is -0.00478. The van der Waals surface area contributed by atoms with Crippen LogP contribution in [0.15, 0.2) is 24.3 Å². The van der Waals surface area contributed by atoms with E-state index in [0.717, 1.165) is 0 Å². The van der Waals surface area contributed by atoms with Crippen LogP contribution in [0.2, 0.25) is 5.02 Å². The second-order valence-electron chi connectivity index (χ2n) is 4.81. The second-order valence-corrected chi connectivity index (χ2v) is 5.25. The van der Waals surface area contributed by atoms with Gasteiger partial charge < -0.3 is 14.8 Å². The Bertz CT molecular complexity index is 440. The molecule has 0 aromatic heterocycles. The van der Waals surface area contributed by atoms with Gasteiger partial charge in [-0.1, -0.05) is 23.7 Å². The maximum absolute atomic E-state index is 11.6. The van der Waals surface area contributed by atoms with E-state index >= 15 is 0 Å². The van der Waals surface area contributed by atoms with E-state index in [4.69, 9.17) is 16.3 Å². The number of amides is 1. The summed E-state index contributed by atoms with van der Waals surface area (Å²) in [5, 5.41) is 2.98. The number of benzene rings is 1. The topological polar surface area (TPSA) is 55.4 Å². The molecule has 0 aliphatic heterocycles. The van der Waals surface area contributed by atoms with Gasteiger partial charge in [0.2, 0.25) is 0 Å². The molecule has 4 nitrogen and oxygen atoms in total. The Hall–Kier alpha value is -1.55. The fraction of sp³-hybridized carbons (Fsp3) is 0.385. The van der Waals surface area contributed by atoms with Gasteiger partial charge in [0, 0.05) is 5.02 Å². The van der Waals surface area contributed by atoms with Crippen LogP contribution < -0.4 is 5.32 Å². The molecule has 0 aliphatic rings. The number of hydrogen-bond acceptors (Lipinski definition) is 3. The lowest BCUT2D eigenvalue weighted by Crippen LogP contribution is -2.35. The van der Waals surface area contributed by atoms with Crippen LogP contribution in [0.4, 0.5) is 4.79 Å². The molecule has 0 bridgehead atoms. The minimum absolute atomic E-state index is 0.505. The van der Waals surface area contributed by atoms with Crippen LogP contribution in [-0.2, 0) is 9.53 Å². The number of aldehydes is 1. The van der Waals surface area contributed by atoms with Gasteiger partial charge in [-0.2, -0.15) is 0 Å². The summed E-state index contributed by atoms with van der Waals surface area (Å²) in [5.74, 6) is 0. The fourth-order valence-electron chi connectivity index (χ4n) is 1.33. The molecule has 18 heavy (non-hydrogen) atoms. The monoisotopic (exact) mass is 269 g/mol. The Morgan fingerprint density at radius 2 is 2.11 bits per heavy atom. The molecular weight excluding hydrogens is 254 g/mol. The number of carbonyl (C=O) groups excluding carboxylic acids is 2. The van der Waals surface area contributed by atoms with Crippen LogP contribution >= 0.6 is 11.6 Å². The molecule has 0 saturated carbocycles. The van der Waals surface area contributed by atoms with Gasteiger partial charge in [0.25, 0.3) is 0 Å². The summed E-state index contributed by atoms with van der Waals surface area (Å²) in [4.78, 5) is 22.6. The molecule has 1 aromatic rings. The molecule has 1 unspecified atom stereocenters. The van der Waals surface area contributed by atoms with E-state index in [1.54, 1.807) is 45.0 Å². The van der Waals surface area contributed by atoms with E-state index in [1.165, 1.54) is 0 Å². The van der Waals surface area contributed by atoms with Crippen molar-refractivity contribution < 1.29 is 14.3 Å². The SMILES string of the molecule is CC(C)(C)OC(=O)NC(C=O)c1cccc(Cl)c1. The summed E-state index contributed by atoms with van der Waals surface area (Å²) >= 11 is 5.83. The van der Waals surface area contributed by atoms with Gasteiger partial charge in [0.05, 0.1) is 0 Å². The summed E-state index contributed by atoms with van der Waals surface area (Å²) in [5.41, 5.74) is 0.00891. The quantitative estimate of drug-likeness (QED) is 0.858. The van der Waals surface area contributed by atoms with Gasteiger partial charge in [-0.05, 0) is 38.5 Å². The molecule has 0 aliphatic carbocycles. The lowest BCUT2D eigenvalue weighted by atomic mass is 10.1. The van der Waals surface area contributed by atoms with Crippen molar-refractivity contribution in [3.05, 3.63) is 34.9 Å². The van der Waals surface area contributed by atoms with Crippen LogP contribution in [0, 0.1) is 0 Å². The zero-order valence-electron chi connectivity index (χ0n) is 10.6. The Kier molecular flexibility index (Phi) is 4.73. The summed E-state index contributed by atoms with van der Waals surface area (Å²) in [6.45, 7) is 5.26. The van der Waals surface area contributed by atoms with Crippen LogP contribution in [0.1, 0.15) is 32.4 Å². The van der Waals surface area contributed by atoms with Crippen LogP contribution in [0.5, 0.6) is 0 Å². The number of rotatable bonds is 3. The van der Waals surface area contributed by atoms with Crippen LogP contribution in [0.3, 0.4) is 0 Å². The number of nitrogens with one attached hydrogen (secondary N) is 1. The van der Waals surface area contributed by atoms with Gasteiger partial charge in [0.15, 0.2) is 0 Å². The molecule has 1 atom stereocenters. The van der Waals surface area contributed by atoms with Crippen molar-refractivity contribution in [2.75, 3.05) is 0 Å². The number of ether oxygens (including phenoxy) is 1. The standard InChI is InChI=1S/C13H16ClNO3/c1-13(2,3)18-12(17)15-11(8-16)9-5-4-6-10(14)7-9/h4-8,11H,1-3H3,(H,15,17). The van der Waals surface area contributed by atoms with E-state index in [1.807, 2.05) is 0 Å². The van der Waals surface area contributed by atoms with E-state index in [2.05, 4.69) is 5.32 Å². The Labute approximate surface area is 111 Å². The van der Waals surface area contributed by atoms with Crippen molar-refractivity contribution in [1.29, 1.82) is 0 Å². The highest BCUT2D eigenvalue weighted by atomic mass is 35.5. The van der Waals surface area contributed by atoms with Gasteiger partial charge in [-0.3, -0.25) is 0 Å². The zero-order chi connectivity index (χ0) is 13.8. The molecule has 1 N–H and O–H groups in total. The Balaban J connectivity index is 2.74. The van der Waals surface area contributed by atoms with Crippen LogP contribution in [-0.4, -0.2) is 18.0 Å². The Morgan fingerprint density at radius 1 is 1.44 bits per heavy atom. The van der Waals surface area contributed by atoms with Crippen molar-refractivity contribution in [1.82, 2.24) is 5.32 Å². The average molecular weight is 270 g/mol. The lowest BCUT2D eigenvalue weighted by Gasteiger charge is -2.21. The molecule has 1 aromatic carbocycles. The molecule has 0 fully saturated rings. The highest BCUT2D eigenvalue weighted by Gasteiger charge is 2.20. The van der Waals surface area contributed by atoms with Crippen molar-refractivity contribution in [3.8, 4) is 0 Å². The number of alkyl carbamates (subject to hydrolysis) is 1. The lowest BCUT2D eigenvalue weighted by molar-refractivity contribution is -0.109. The highest BCUT2D eigenvalue weighted by molar-refractivity contribution is 6.30. The minimum atomic E-state index is -0.765. The van der Waals surface area contributed by atoms with Crippen molar-refractivity contribution >= 4 is 24.0 Å². The smallest absolute Gasteiger partial charge is 0.408 e. The van der Waals surface area contributed by atoms with E-state index in [0.29, 0.717) is 16.9 Å². The molecule has 0 radical (unpaired) electrons. The van der Waals surface area contributed by atoms with E-state index in [9.17, 15) is 9.59 Å². The molecule has 0 saturated heterocycles. The number of halogens is 1. The van der Waals surface area contributed by atoms with Crippen molar-refractivity contribution in [2.24, 2.45) is 0 Å². The van der Waals surface area contributed by atoms with E-state index < -0.39 is 17.7 Å². The summed E-state index contributed by atoms with van der Waals surface area (Å²) in [7, 11) is 0. The molecule has 98 valence electrons. The van der Waals surface area contributed by atoms with Gasteiger partial charge >= 0.3 is 6.09 Å². The molecule has 0 spiro atoms. The third kappa shape index (κ3) is 4.75.